The van der Waals surface area contributed by atoms with Crippen LogP contribution in [0.15, 0.2) is 0 Å². The quantitative estimate of drug-likeness (QED) is 0.682. The Hall–Kier alpha value is -0.170. The highest BCUT2D eigenvalue weighted by Gasteiger charge is 2.28. The lowest BCUT2D eigenvalue weighted by molar-refractivity contribution is 0.273. The van der Waals surface area contributed by atoms with Crippen molar-refractivity contribution >= 4 is 10.2 Å². The predicted octanol–water partition coefficient (Wildman–Crippen LogP) is 1.85. The average Bonchev–Trinajstić information content (AvgIpc) is 2.45. The molecule has 1 aliphatic rings. The molecule has 0 aromatic heterocycles. The molecule has 3 N–H and O–H groups in total. The fourth-order valence-electron chi connectivity index (χ4n) is 2.73. The van der Waals surface area contributed by atoms with E-state index in [0.29, 0.717) is 25.6 Å². The number of piperidine rings is 1. The maximum atomic E-state index is 12.4. The first-order valence-electron chi connectivity index (χ1n) is 8.00. The first-order chi connectivity index (χ1) is 9.53. The minimum absolute atomic E-state index is 0.0807. The van der Waals surface area contributed by atoms with Gasteiger partial charge in [0.15, 0.2) is 0 Å². The Morgan fingerprint density at radius 2 is 1.85 bits per heavy atom. The maximum absolute atomic E-state index is 12.4. The highest BCUT2D eigenvalue weighted by molar-refractivity contribution is 7.87. The van der Waals surface area contributed by atoms with Crippen molar-refractivity contribution < 1.29 is 8.42 Å². The third-order valence-corrected chi connectivity index (χ3v) is 5.78. The van der Waals surface area contributed by atoms with Gasteiger partial charge in [-0.2, -0.15) is 17.4 Å². The molecule has 1 rings (SSSR count). The van der Waals surface area contributed by atoms with E-state index in [1.807, 2.05) is 0 Å². The van der Waals surface area contributed by atoms with Gasteiger partial charge in [-0.05, 0) is 38.1 Å². The molecule has 1 aliphatic heterocycles. The van der Waals surface area contributed by atoms with E-state index in [0.717, 1.165) is 44.9 Å². The van der Waals surface area contributed by atoms with Crippen LogP contribution in [-0.2, 0) is 10.2 Å². The zero-order valence-electron chi connectivity index (χ0n) is 13.0. The van der Waals surface area contributed by atoms with Gasteiger partial charge in [-0.1, -0.05) is 33.1 Å². The lowest BCUT2D eigenvalue weighted by Gasteiger charge is -2.32. The highest BCUT2D eigenvalue weighted by atomic mass is 32.2. The Bertz CT molecular complexity index is 351. The lowest BCUT2D eigenvalue weighted by Crippen LogP contribution is -2.48. The van der Waals surface area contributed by atoms with Crippen LogP contribution in [0.3, 0.4) is 0 Å². The smallest absolute Gasteiger partial charge is 0.279 e. The molecule has 5 nitrogen and oxygen atoms in total. The monoisotopic (exact) mass is 305 g/mol. The van der Waals surface area contributed by atoms with Gasteiger partial charge in [0.05, 0.1) is 0 Å². The van der Waals surface area contributed by atoms with E-state index in [1.54, 1.807) is 4.31 Å². The van der Waals surface area contributed by atoms with Crippen molar-refractivity contribution in [3.05, 3.63) is 0 Å². The summed E-state index contributed by atoms with van der Waals surface area (Å²) in [5.41, 5.74) is 5.65. The number of hydrogen-bond donors (Lipinski definition) is 2. The molecule has 0 aromatic carbocycles. The van der Waals surface area contributed by atoms with Crippen molar-refractivity contribution in [1.29, 1.82) is 0 Å². The van der Waals surface area contributed by atoms with Gasteiger partial charge < -0.3 is 5.73 Å². The number of nitrogens with two attached hydrogens (primary N) is 1. The van der Waals surface area contributed by atoms with Gasteiger partial charge in [-0.25, -0.2) is 0 Å². The van der Waals surface area contributed by atoms with Crippen LogP contribution in [0.25, 0.3) is 0 Å². The summed E-state index contributed by atoms with van der Waals surface area (Å²) in [5, 5.41) is 0. The standard InChI is InChI=1S/C14H31N3O2S/c1-3-5-7-14(6-4-2)16-20(18,19)17-10-8-13(12-15)9-11-17/h13-14,16H,3-12,15H2,1-2H3. The Labute approximate surface area is 124 Å². The van der Waals surface area contributed by atoms with Crippen LogP contribution in [0.1, 0.15) is 58.8 Å². The number of nitrogens with one attached hydrogen (secondary N) is 1. The van der Waals surface area contributed by atoms with Gasteiger partial charge in [-0.3, -0.25) is 0 Å². The van der Waals surface area contributed by atoms with E-state index in [9.17, 15) is 8.42 Å². The first-order valence-corrected chi connectivity index (χ1v) is 9.44. The molecule has 0 saturated carbocycles. The molecule has 1 unspecified atom stereocenters. The molecule has 0 aromatic rings. The summed E-state index contributed by atoms with van der Waals surface area (Å²) in [6.07, 6.45) is 6.79. The Kier molecular flexibility index (Phi) is 8.02. The number of hydrogen-bond acceptors (Lipinski definition) is 3. The van der Waals surface area contributed by atoms with Gasteiger partial charge in [0, 0.05) is 19.1 Å². The van der Waals surface area contributed by atoms with E-state index in [2.05, 4.69) is 18.6 Å². The van der Waals surface area contributed by atoms with Gasteiger partial charge in [-0.15, -0.1) is 0 Å². The third kappa shape index (κ3) is 5.68. The van der Waals surface area contributed by atoms with Crippen LogP contribution < -0.4 is 10.5 Å². The van der Waals surface area contributed by atoms with E-state index in [4.69, 9.17) is 5.73 Å². The predicted molar refractivity (Wildman–Crippen MR) is 83.6 cm³/mol. The fraction of sp³-hybridized carbons (Fsp3) is 1.00. The summed E-state index contributed by atoms with van der Waals surface area (Å²) in [6, 6.07) is 0.0807. The molecule has 1 saturated heterocycles. The zero-order valence-corrected chi connectivity index (χ0v) is 13.8. The van der Waals surface area contributed by atoms with Crippen molar-refractivity contribution in [2.45, 2.75) is 64.8 Å². The van der Waals surface area contributed by atoms with Crippen molar-refractivity contribution in [2.24, 2.45) is 11.7 Å². The van der Waals surface area contributed by atoms with E-state index in [1.165, 1.54) is 0 Å². The Morgan fingerprint density at radius 1 is 1.20 bits per heavy atom. The molecular weight excluding hydrogens is 274 g/mol. The molecule has 120 valence electrons. The fourth-order valence-corrected chi connectivity index (χ4v) is 4.23. The maximum Gasteiger partial charge on any atom is 0.279 e. The lowest BCUT2D eigenvalue weighted by atomic mass is 9.99. The van der Waals surface area contributed by atoms with Gasteiger partial charge in [0.25, 0.3) is 10.2 Å². The summed E-state index contributed by atoms with van der Waals surface area (Å²) in [5.74, 6) is 0.480. The molecule has 6 heteroatoms. The van der Waals surface area contributed by atoms with Crippen molar-refractivity contribution in [3.63, 3.8) is 0 Å². The summed E-state index contributed by atoms with van der Waals surface area (Å²) in [7, 11) is -3.32. The van der Waals surface area contributed by atoms with Crippen LogP contribution in [0.2, 0.25) is 0 Å². The largest absolute Gasteiger partial charge is 0.330 e. The number of rotatable bonds is 9. The first kappa shape index (κ1) is 17.9. The normalized spacial score (nSPS) is 20.1. The molecule has 1 heterocycles. The molecule has 1 atom stereocenters. The molecule has 0 bridgehead atoms. The van der Waals surface area contributed by atoms with E-state index in [-0.39, 0.29) is 6.04 Å². The SMILES string of the molecule is CCCCC(CCC)NS(=O)(=O)N1CCC(CN)CC1. The van der Waals surface area contributed by atoms with Crippen LogP contribution in [0.5, 0.6) is 0 Å². The molecular formula is C14H31N3O2S. The van der Waals surface area contributed by atoms with E-state index < -0.39 is 10.2 Å². The molecule has 1 fully saturated rings. The number of unbranched alkanes of at least 4 members (excludes halogenated alkanes) is 1. The Balaban J connectivity index is 2.54. The summed E-state index contributed by atoms with van der Waals surface area (Å²) < 4.78 is 29.3. The average molecular weight is 305 g/mol. The third-order valence-electron chi connectivity index (χ3n) is 4.11. The van der Waals surface area contributed by atoms with Crippen molar-refractivity contribution in [1.82, 2.24) is 9.03 Å². The Morgan fingerprint density at radius 3 is 2.35 bits per heavy atom. The van der Waals surface area contributed by atoms with Crippen molar-refractivity contribution in [2.75, 3.05) is 19.6 Å². The van der Waals surface area contributed by atoms with Crippen LogP contribution in [-0.4, -0.2) is 38.4 Å². The van der Waals surface area contributed by atoms with Crippen LogP contribution in [0.4, 0.5) is 0 Å². The second-order valence-electron chi connectivity index (χ2n) is 5.83. The van der Waals surface area contributed by atoms with Crippen molar-refractivity contribution in [3.8, 4) is 0 Å². The zero-order chi connectivity index (χ0) is 15.0. The van der Waals surface area contributed by atoms with Crippen LogP contribution >= 0.6 is 0 Å². The molecule has 0 aliphatic carbocycles. The minimum Gasteiger partial charge on any atom is -0.330 e. The minimum atomic E-state index is -3.32. The molecule has 0 amide bonds. The highest BCUT2D eigenvalue weighted by Crippen LogP contribution is 2.19. The second kappa shape index (κ2) is 8.97. The molecule has 0 spiro atoms. The van der Waals surface area contributed by atoms with Gasteiger partial charge in [0.1, 0.15) is 0 Å². The number of nitrogens with zero attached hydrogens (tertiary/aromatic N) is 1. The second-order valence-corrected chi connectivity index (χ2v) is 7.53. The molecule has 20 heavy (non-hydrogen) atoms. The van der Waals surface area contributed by atoms with Crippen LogP contribution in [0, 0.1) is 5.92 Å². The summed E-state index contributed by atoms with van der Waals surface area (Å²) >= 11 is 0. The summed E-state index contributed by atoms with van der Waals surface area (Å²) in [6.45, 7) is 6.10. The summed E-state index contributed by atoms with van der Waals surface area (Å²) in [4.78, 5) is 0. The molecule has 0 radical (unpaired) electrons. The van der Waals surface area contributed by atoms with Gasteiger partial charge >= 0.3 is 0 Å². The topological polar surface area (TPSA) is 75.4 Å². The van der Waals surface area contributed by atoms with Gasteiger partial charge in [0.2, 0.25) is 0 Å². The van der Waals surface area contributed by atoms with E-state index >= 15 is 0 Å².